The van der Waals surface area contributed by atoms with E-state index in [1.165, 1.54) is 0 Å². The van der Waals surface area contributed by atoms with E-state index < -0.39 is 5.41 Å². The fourth-order valence-electron chi connectivity index (χ4n) is 3.20. The third kappa shape index (κ3) is 4.70. The van der Waals surface area contributed by atoms with Crippen LogP contribution in [0.1, 0.15) is 74.1 Å². The van der Waals surface area contributed by atoms with Crippen LogP contribution >= 0.6 is 0 Å². The zero-order valence-corrected chi connectivity index (χ0v) is 15.0. The van der Waals surface area contributed by atoms with Gasteiger partial charge >= 0.3 is 5.97 Å². The molecule has 1 heterocycles. The molecule has 1 rings (SSSR count). The van der Waals surface area contributed by atoms with Gasteiger partial charge in [-0.25, -0.2) is 0 Å². The van der Waals surface area contributed by atoms with Crippen LogP contribution in [0.15, 0.2) is 0 Å². The van der Waals surface area contributed by atoms with Gasteiger partial charge in [0.15, 0.2) is 0 Å². The van der Waals surface area contributed by atoms with Crippen molar-refractivity contribution in [1.82, 2.24) is 0 Å². The lowest BCUT2D eigenvalue weighted by Gasteiger charge is -2.42. The second-order valence-electron chi connectivity index (χ2n) is 8.35. The van der Waals surface area contributed by atoms with E-state index in [0.29, 0.717) is 13.2 Å². The summed E-state index contributed by atoms with van der Waals surface area (Å²) in [6.45, 7) is 16.4. The van der Waals surface area contributed by atoms with Gasteiger partial charge in [0.2, 0.25) is 0 Å². The molecule has 0 amide bonds. The summed E-state index contributed by atoms with van der Waals surface area (Å²) in [5.74, 6) is 0.231. The molecule has 21 heavy (non-hydrogen) atoms. The van der Waals surface area contributed by atoms with E-state index in [4.69, 9.17) is 9.47 Å². The molecule has 0 saturated carbocycles. The summed E-state index contributed by atoms with van der Waals surface area (Å²) in [6, 6.07) is 0. The van der Waals surface area contributed by atoms with Crippen LogP contribution in [0.5, 0.6) is 0 Å². The minimum atomic E-state index is -0.432. The van der Waals surface area contributed by atoms with Crippen LogP contribution in [-0.2, 0) is 14.3 Å². The normalized spacial score (nSPS) is 21.9. The van der Waals surface area contributed by atoms with Crippen molar-refractivity contribution in [2.75, 3.05) is 13.2 Å². The Hall–Kier alpha value is -0.570. The van der Waals surface area contributed by atoms with Gasteiger partial charge < -0.3 is 9.47 Å². The Morgan fingerprint density at radius 2 is 1.71 bits per heavy atom. The molecule has 0 radical (unpaired) electrons. The van der Waals surface area contributed by atoms with Gasteiger partial charge in [-0.05, 0) is 31.1 Å². The fraction of sp³-hybridized carbons (Fsp3) is 0.944. The van der Waals surface area contributed by atoms with Crippen molar-refractivity contribution in [2.24, 2.45) is 16.7 Å². The van der Waals surface area contributed by atoms with E-state index in [0.717, 1.165) is 25.7 Å². The number of hydrogen-bond donors (Lipinski definition) is 0. The van der Waals surface area contributed by atoms with Gasteiger partial charge in [-0.1, -0.05) is 41.5 Å². The Kier molecular flexibility index (Phi) is 5.88. The maximum absolute atomic E-state index is 13.0. The van der Waals surface area contributed by atoms with Gasteiger partial charge in [-0.3, -0.25) is 4.79 Å². The average molecular weight is 298 g/mol. The minimum absolute atomic E-state index is 0.0313. The zero-order chi connectivity index (χ0) is 16.3. The lowest BCUT2D eigenvalue weighted by atomic mass is 9.68. The predicted octanol–water partition coefficient (Wildman–Crippen LogP) is 4.59. The molecule has 0 spiro atoms. The van der Waals surface area contributed by atoms with Crippen molar-refractivity contribution in [3.8, 4) is 0 Å². The number of rotatable bonds is 5. The molecular weight excluding hydrogens is 264 g/mol. The van der Waals surface area contributed by atoms with Crippen LogP contribution < -0.4 is 0 Å². The molecule has 1 aliphatic heterocycles. The van der Waals surface area contributed by atoms with Crippen LogP contribution in [0, 0.1) is 16.7 Å². The first-order chi connectivity index (χ1) is 9.55. The molecule has 0 N–H and O–H groups in total. The molecule has 0 aromatic rings. The van der Waals surface area contributed by atoms with Crippen molar-refractivity contribution in [3.63, 3.8) is 0 Å². The Labute approximate surface area is 130 Å². The third-order valence-electron chi connectivity index (χ3n) is 5.00. The summed E-state index contributed by atoms with van der Waals surface area (Å²) in [4.78, 5) is 13.0. The Bertz CT molecular complexity index is 348. The number of ether oxygens (including phenoxy) is 2. The first-order valence-electron chi connectivity index (χ1n) is 8.36. The molecule has 124 valence electrons. The van der Waals surface area contributed by atoms with E-state index in [1.54, 1.807) is 0 Å². The molecule has 0 aromatic carbocycles. The van der Waals surface area contributed by atoms with Crippen LogP contribution in [-0.4, -0.2) is 24.8 Å². The molecule has 1 aliphatic rings. The van der Waals surface area contributed by atoms with Gasteiger partial charge in [-0.2, -0.15) is 0 Å². The van der Waals surface area contributed by atoms with E-state index in [1.807, 2.05) is 0 Å². The van der Waals surface area contributed by atoms with Crippen LogP contribution in [0.3, 0.4) is 0 Å². The molecule has 0 aliphatic carbocycles. The van der Waals surface area contributed by atoms with Crippen molar-refractivity contribution >= 4 is 5.97 Å². The topological polar surface area (TPSA) is 35.5 Å². The van der Waals surface area contributed by atoms with Gasteiger partial charge in [0, 0.05) is 12.8 Å². The van der Waals surface area contributed by atoms with E-state index in [-0.39, 0.29) is 22.9 Å². The standard InChI is InChI=1S/C18H34O3/c1-8-18(9-11-20-12-10-18)21-15(19)17(7,14(2)3)13-16(4,5)6/h14H,8-13H2,1-7H3. The second-order valence-corrected chi connectivity index (χ2v) is 8.35. The molecule has 0 bridgehead atoms. The maximum atomic E-state index is 13.0. The van der Waals surface area contributed by atoms with Crippen molar-refractivity contribution in [3.05, 3.63) is 0 Å². The molecule has 0 aromatic heterocycles. The van der Waals surface area contributed by atoms with Gasteiger partial charge in [-0.15, -0.1) is 0 Å². The summed E-state index contributed by atoms with van der Waals surface area (Å²) >= 11 is 0. The zero-order valence-electron chi connectivity index (χ0n) is 15.0. The highest BCUT2D eigenvalue weighted by Crippen LogP contribution is 2.42. The lowest BCUT2D eigenvalue weighted by molar-refractivity contribution is -0.186. The number of hydrogen-bond acceptors (Lipinski definition) is 3. The van der Waals surface area contributed by atoms with Crippen molar-refractivity contribution in [2.45, 2.75) is 79.8 Å². The predicted molar refractivity (Wildman–Crippen MR) is 86.2 cm³/mol. The highest BCUT2D eigenvalue weighted by atomic mass is 16.6. The second kappa shape index (κ2) is 6.68. The monoisotopic (exact) mass is 298 g/mol. The molecule has 3 nitrogen and oxygen atoms in total. The quantitative estimate of drug-likeness (QED) is 0.696. The van der Waals surface area contributed by atoms with E-state index in [2.05, 4.69) is 48.5 Å². The highest BCUT2D eigenvalue weighted by Gasteiger charge is 2.45. The largest absolute Gasteiger partial charge is 0.458 e. The average Bonchev–Trinajstić information content (AvgIpc) is 2.37. The molecule has 1 unspecified atom stereocenters. The molecular formula is C18H34O3. The number of carbonyl (C=O) groups excluding carboxylic acids is 1. The number of esters is 1. The Morgan fingerprint density at radius 1 is 1.19 bits per heavy atom. The van der Waals surface area contributed by atoms with Crippen LogP contribution in [0.4, 0.5) is 0 Å². The minimum Gasteiger partial charge on any atom is -0.458 e. The van der Waals surface area contributed by atoms with Crippen LogP contribution in [0.25, 0.3) is 0 Å². The first-order valence-corrected chi connectivity index (χ1v) is 8.36. The molecule has 3 heteroatoms. The van der Waals surface area contributed by atoms with Crippen molar-refractivity contribution < 1.29 is 14.3 Å². The Balaban J connectivity index is 2.90. The van der Waals surface area contributed by atoms with Gasteiger partial charge in [0.05, 0.1) is 18.6 Å². The first kappa shape index (κ1) is 18.5. The maximum Gasteiger partial charge on any atom is 0.312 e. The summed E-state index contributed by atoms with van der Waals surface area (Å²) in [5.41, 5.74) is -0.644. The number of carbonyl (C=O) groups is 1. The summed E-state index contributed by atoms with van der Waals surface area (Å²) in [7, 11) is 0. The van der Waals surface area contributed by atoms with Gasteiger partial charge in [0.1, 0.15) is 5.60 Å². The van der Waals surface area contributed by atoms with Crippen LogP contribution in [0.2, 0.25) is 0 Å². The van der Waals surface area contributed by atoms with E-state index in [9.17, 15) is 4.79 Å². The molecule has 1 fully saturated rings. The SMILES string of the molecule is CCC1(OC(=O)C(C)(CC(C)(C)C)C(C)C)CCOCC1. The van der Waals surface area contributed by atoms with Crippen molar-refractivity contribution in [1.29, 1.82) is 0 Å². The Morgan fingerprint density at radius 3 is 2.10 bits per heavy atom. The summed E-state index contributed by atoms with van der Waals surface area (Å²) in [5, 5.41) is 0. The van der Waals surface area contributed by atoms with Gasteiger partial charge in [0.25, 0.3) is 0 Å². The smallest absolute Gasteiger partial charge is 0.312 e. The fourth-order valence-corrected chi connectivity index (χ4v) is 3.20. The summed E-state index contributed by atoms with van der Waals surface area (Å²) in [6.07, 6.45) is 3.34. The lowest BCUT2D eigenvalue weighted by Crippen LogP contribution is -2.46. The molecule has 1 atom stereocenters. The summed E-state index contributed by atoms with van der Waals surface area (Å²) < 4.78 is 11.5. The van der Waals surface area contributed by atoms with E-state index >= 15 is 0 Å². The third-order valence-corrected chi connectivity index (χ3v) is 5.00. The highest BCUT2D eigenvalue weighted by molar-refractivity contribution is 5.77. The molecule has 1 saturated heterocycles.